The summed E-state index contributed by atoms with van der Waals surface area (Å²) in [4.78, 5) is 11.9. The Morgan fingerprint density at radius 3 is 3.06 bits per heavy atom. The van der Waals surface area contributed by atoms with Gasteiger partial charge < -0.3 is 15.2 Å². The Hall–Kier alpha value is -0.660. The van der Waals surface area contributed by atoms with Crippen molar-refractivity contribution in [3.8, 4) is 0 Å². The van der Waals surface area contributed by atoms with Crippen molar-refractivity contribution in [1.82, 2.24) is 5.32 Å². The Balaban J connectivity index is 1.96. The molecular formula is C13H16INO3. The van der Waals surface area contributed by atoms with Crippen LogP contribution in [-0.2, 0) is 4.74 Å². The van der Waals surface area contributed by atoms with Crippen LogP contribution in [0.5, 0.6) is 0 Å². The molecule has 1 aromatic carbocycles. The number of nitrogens with one attached hydrogen (secondary N) is 1. The predicted octanol–water partition coefficient (Wildman–Crippen LogP) is 1.56. The fourth-order valence-electron chi connectivity index (χ4n) is 1.97. The Morgan fingerprint density at radius 1 is 1.67 bits per heavy atom. The standard InChI is InChI=1S/C13H16INO3/c1-9-13(17,5-6-18-9)8-15-12(16)10-3-2-4-11(14)7-10/h2-4,7,9,17H,5-6,8H2,1H3,(H,15,16). The number of carbonyl (C=O) groups is 1. The van der Waals surface area contributed by atoms with Crippen molar-refractivity contribution in [2.75, 3.05) is 13.2 Å². The number of hydrogen-bond donors (Lipinski definition) is 2. The van der Waals surface area contributed by atoms with Crippen LogP contribution in [0.4, 0.5) is 0 Å². The van der Waals surface area contributed by atoms with E-state index in [1.807, 2.05) is 25.1 Å². The Morgan fingerprint density at radius 2 is 2.44 bits per heavy atom. The molecule has 0 saturated carbocycles. The van der Waals surface area contributed by atoms with Crippen molar-refractivity contribution in [3.63, 3.8) is 0 Å². The van der Waals surface area contributed by atoms with Gasteiger partial charge in [-0.2, -0.15) is 0 Å². The minimum absolute atomic E-state index is 0.166. The molecule has 0 spiro atoms. The molecule has 5 heteroatoms. The van der Waals surface area contributed by atoms with Crippen LogP contribution in [0.2, 0.25) is 0 Å². The van der Waals surface area contributed by atoms with Gasteiger partial charge in [-0.25, -0.2) is 0 Å². The van der Waals surface area contributed by atoms with E-state index in [-0.39, 0.29) is 18.6 Å². The lowest BCUT2D eigenvalue weighted by Gasteiger charge is -2.26. The van der Waals surface area contributed by atoms with Crippen LogP contribution in [0.3, 0.4) is 0 Å². The van der Waals surface area contributed by atoms with E-state index >= 15 is 0 Å². The van der Waals surface area contributed by atoms with Gasteiger partial charge >= 0.3 is 0 Å². The van der Waals surface area contributed by atoms with Gasteiger partial charge in [0.25, 0.3) is 5.91 Å². The number of benzene rings is 1. The molecule has 1 aliphatic rings. The van der Waals surface area contributed by atoms with Crippen molar-refractivity contribution >= 4 is 28.5 Å². The number of amides is 1. The van der Waals surface area contributed by atoms with Gasteiger partial charge in [0.15, 0.2) is 0 Å². The van der Waals surface area contributed by atoms with Crippen LogP contribution in [-0.4, -0.2) is 35.9 Å². The number of hydrogen-bond acceptors (Lipinski definition) is 3. The number of halogens is 1. The quantitative estimate of drug-likeness (QED) is 0.804. The summed E-state index contributed by atoms with van der Waals surface area (Å²) in [6.07, 6.45) is 0.314. The van der Waals surface area contributed by atoms with Crippen LogP contribution >= 0.6 is 22.6 Å². The normalized spacial score (nSPS) is 27.2. The average molecular weight is 361 g/mol. The Labute approximate surface area is 120 Å². The third-order valence-corrected chi connectivity index (χ3v) is 3.97. The largest absolute Gasteiger partial charge is 0.385 e. The van der Waals surface area contributed by atoms with E-state index in [1.54, 1.807) is 6.07 Å². The van der Waals surface area contributed by atoms with Crippen LogP contribution < -0.4 is 5.32 Å². The van der Waals surface area contributed by atoms with Crippen molar-refractivity contribution in [1.29, 1.82) is 0 Å². The summed E-state index contributed by atoms with van der Waals surface area (Å²) in [5.74, 6) is -0.166. The number of rotatable bonds is 3. The van der Waals surface area contributed by atoms with Crippen molar-refractivity contribution in [3.05, 3.63) is 33.4 Å². The lowest BCUT2D eigenvalue weighted by molar-refractivity contribution is -0.0251. The minimum Gasteiger partial charge on any atom is -0.385 e. The third kappa shape index (κ3) is 3.02. The maximum absolute atomic E-state index is 11.9. The van der Waals surface area contributed by atoms with Gasteiger partial charge in [0.1, 0.15) is 5.60 Å². The van der Waals surface area contributed by atoms with Crippen LogP contribution in [0.1, 0.15) is 23.7 Å². The van der Waals surface area contributed by atoms with E-state index < -0.39 is 5.60 Å². The second-order valence-corrected chi connectivity index (χ2v) is 5.81. The number of aliphatic hydroxyl groups is 1. The van der Waals surface area contributed by atoms with Gasteiger partial charge in [0.2, 0.25) is 0 Å². The highest BCUT2D eigenvalue weighted by Crippen LogP contribution is 2.24. The van der Waals surface area contributed by atoms with Gasteiger partial charge in [-0.05, 0) is 47.7 Å². The lowest BCUT2D eigenvalue weighted by atomic mass is 9.96. The summed E-state index contributed by atoms with van der Waals surface area (Å²) in [5, 5.41) is 13.0. The molecule has 1 aromatic rings. The summed E-state index contributed by atoms with van der Waals surface area (Å²) < 4.78 is 6.33. The fraction of sp³-hybridized carbons (Fsp3) is 0.462. The summed E-state index contributed by atoms with van der Waals surface area (Å²) >= 11 is 2.16. The lowest BCUT2D eigenvalue weighted by Crippen LogP contribution is -2.47. The molecule has 1 amide bonds. The van der Waals surface area contributed by atoms with Crippen molar-refractivity contribution < 1.29 is 14.6 Å². The summed E-state index contributed by atoms with van der Waals surface area (Å²) in [7, 11) is 0. The summed E-state index contributed by atoms with van der Waals surface area (Å²) in [5.41, 5.74) is -0.338. The van der Waals surface area contributed by atoms with Crippen molar-refractivity contribution in [2.45, 2.75) is 25.0 Å². The molecule has 98 valence electrons. The highest BCUT2D eigenvalue weighted by atomic mass is 127. The van der Waals surface area contributed by atoms with E-state index in [1.165, 1.54) is 0 Å². The Kier molecular flexibility index (Phi) is 4.24. The fourth-order valence-corrected chi connectivity index (χ4v) is 2.51. The van der Waals surface area contributed by atoms with E-state index in [0.29, 0.717) is 18.6 Å². The first-order chi connectivity index (χ1) is 8.51. The van der Waals surface area contributed by atoms with Gasteiger partial charge in [0, 0.05) is 28.7 Å². The summed E-state index contributed by atoms with van der Waals surface area (Å²) in [6, 6.07) is 7.34. The second kappa shape index (κ2) is 5.54. The molecule has 4 nitrogen and oxygen atoms in total. The topological polar surface area (TPSA) is 58.6 Å². The van der Waals surface area contributed by atoms with E-state index in [2.05, 4.69) is 27.9 Å². The van der Waals surface area contributed by atoms with Crippen LogP contribution in [0.15, 0.2) is 24.3 Å². The Bertz CT molecular complexity index is 452. The van der Waals surface area contributed by atoms with Gasteiger partial charge in [-0.1, -0.05) is 6.07 Å². The van der Waals surface area contributed by atoms with Gasteiger partial charge in [0.05, 0.1) is 6.10 Å². The molecule has 0 aliphatic carbocycles. The smallest absolute Gasteiger partial charge is 0.251 e. The molecule has 2 rings (SSSR count). The molecule has 1 fully saturated rings. The molecule has 1 heterocycles. The average Bonchev–Trinajstić information content (AvgIpc) is 2.67. The monoisotopic (exact) mass is 361 g/mol. The second-order valence-electron chi connectivity index (χ2n) is 4.56. The van der Waals surface area contributed by atoms with E-state index in [9.17, 15) is 9.90 Å². The highest BCUT2D eigenvalue weighted by Gasteiger charge is 2.39. The molecule has 2 atom stereocenters. The maximum atomic E-state index is 11.9. The van der Waals surface area contributed by atoms with Crippen LogP contribution in [0.25, 0.3) is 0 Å². The molecule has 18 heavy (non-hydrogen) atoms. The zero-order valence-electron chi connectivity index (χ0n) is 10.1. The number of ether oxygens (including phenoxy) is 1. The zero-order chi connectivity index (χ0) is 13.2. The molecule has 2 N–H and O–H groups in total. The predicted molar refractivity (Wildman–Crippen MR) is 76.5 cm³/mol. The third-order valence-electron chi connectivity index (χ3n) is 3.30. The molecule has 1 aliphatic heterocycles. The SMILES string of the molecule is CC1OCCC1(O)CNC(=O)c1cccc(I)c1. The molecule has 2 unspecified atom stereocenters. The highest BCUT2D eigenvalue weighted by molar-refractivity contribution is 14.1. The first kappa shape index (κ1) is 13.8. The van der Waals surface area contributed by atoms with Gasteiger partial charge in [-0.15, -0.1) is 0 Å². The minimum atomic E-state index is -0.947. The first-order valence-electron chi connectivity index (χ1n) is 5.89. The maximum Gasteiger partial charge on any atom is 0.251 e. The molecule has 1 saturated heterocycles. The van der Waals surface area contributed by atoms with E-state index in [4.69, 9.17) is 4.74 Å². The zero-order valence-corrected chi connectivity index (χ0v) is 12.3. The number of carbonyl (C=O) groups excluding carboxylic acids is 1. The first-order valence-corrected chi connectivity index (χ1v) is 6.97. The summed E-state index contributed by atoms with van der Waals surface area (Å²) in [6.45, 7) is 2.58. The van der Waals surface area contributed by atoms with Gasteiger partial charge in [-0.3, -0.25) is 4.79 Å². The van der Waals surface area contributed by atoms with Crippen molar-refractivity contribution in [2.24, 2.45) is 0 Å². The molecule has 0 aromatic heterocycles. The molecule has 0 radical (unpaired) electrons. The van der Waals surface area contributed by atoms with E-state index in [0.717, 1.165) is 3.57 Å². The van der Waals surface area contributed by atoms with Crippen LogP contribution in [0, 0.1) is 3.57 Å². The molecular weight excluding hydrogens is 345 g/mol. The molecule has 0 bridgehead atoms.